The molecule has 116 valence electrons. The summed E-state index contributed by atoms with van der Waals surface area (Å²) in [5.74, 6) is -0.221. The zero-order chi connectivity index (χ0) is 16.4. The molecule has 3 rings (SSSR count). The number of thiazole rings is 1. The van der Waals surface area contributed by atoms with Crippen LogP contribution in [0.4, 0.5) is 5.13 Å². The van der Waals surface area contributed by atoms with Gasteiger partial charge in [-0.25, -0.2) is 4.98 Å². The number of aryl methyl sites for hydroxylation is 2. The molecule has 0 atom stereocenters. The number of carbonyl (C=O) groups is 1. The molecule has 4 nitrogen and oxygen atoms in total. The van der Waals surface area contributed by atoms with Crippen molar-refractivity contribution < 1.29 is 4.79 Å². The Hall–Kier alpha value is -2.31. The number of thiocarbonyl (C=S) groups is 1. The van der Waals surface area contributed by atoms with Gasteiger partial charge >= 0.3 is 0 Å². The topological polar surface area (TPSA) is 54.0 Å². The number of nitrogens with one attached hydrogen (secondary N) is 2. The van der Waals surface area contributed by atoms with E-state index in [1.54, 1.807) is 6.07 Å². The molecule has 1 heterocycles. The number of nitrogens with zero attached hydrogens (tertiary/aromatic N) is 1. The van der Waals surface area contributed by atoms with Gasteiger partial charge in [-0.15, -0.1) is 0 Å². The molecule has 0 bridgehead atoms. The fourth-order valence-electron chi connectivity index (χ4n) is 2.29. The average molecular weight is 341 g/mol. The minimum atomic E-state index is -0.221. The van der Waals surface area contributed by atoms with Gasteiger partial charge in [-0.2, -0.15) is 0 Å². The highest BCUT2D eigenvalue weighted by Gasteiger charge is 2.12. The van der Waals surface area contributed by atoms with Crippen molar-refractivity contribution >= 4 is 49.9 Å². The van der Waals surface area contributed by atoms with Gasteiger partial charge in [0.05, 0.1) is 10.2 Å². The molecule has 0 aliphatic carbocycles. The van der Waals surface area contributed by atoms with E-state index in [1.807, 2.05) is 50.2 Å². The minimum absolute atomic E-state index is 0.221. The summed E-state index contributed by atoms with van der Waals surface area (Å²) in [6.07, 6.45) is 0. The molecular weight excluding hydrogens is 326 g/mol. The van der Waals surface area contributed by atoms with Crippen LogP contribution in [-0.2, 0) is 0 Å². The highest BCUT2D eigenvalue weighted by molar-refractivity contribution is 7.80. The average Bonchev–Trinajstić information content (AvgIpc) is 2.88. The Labute approximate surface area is 143 Å². The summed E-state index contributed by atoms with van der Waals surface area (Å²) in [6.45, 7) is 3.90. The van der Waals surface area contributed by atoms with E-state index in [2.05, 4.69) is 15.6 Å². The number of aromatic nitrogens is 1. The van der Waals surface area contributed by atoms with Gasteiger partial charge in [0.1, 0.15) is 0 Å². The Morgan fingerprint density at radius 2 is 1.96 bits per heavy atom. The number of benzene rings is 2. The lowest BCUT2D eigenvalue weighted by Crippen LogP contribution is -2.34. The van der Waals surface area contributed by atoms with Gasteiger partial charge in [-0.3, -0.25) is 10.1 Å². The second-order valence-electron chi connectivity index (χ2n) is 5.21. The number of carbonyl (C=O) groups excluding carboxylic acids is 1. The van der Waals surface area contributed by atoms with Crippen molar-refractivity contribution in [1.82, 2.24) is 10.3 Å². The summed E-state index contributed by atoms with van der Waals surface area (Å²) in [5, 5.41) is 6.58. The van der Waals surface area contributed by atoms with Crippen LogP contribution in [0, 0.1) is 13.8 Å². The molecule has 0 saturated heterocycles. The second kappa shape index (κ2) is 6.44. The zero-order valence-electron chi connectivity index (χ0n) is 12.7. The van der Waals surface area contributed by atoms with Crippen LogP contribution in [0.3, 0.4) is 0 Å². The number of para-hydroxylation sites is 1. The molecule has 0 aliphatic heterocycles. The van der Waals surface area contributed by atoms with Crippen LogP contribution >= 0.6 is 23.6 Å². The van der Waals surface area contributed by atoms with Crippen molar-refractivity contribution in [3.63, 3.8) is 0 Å². The van der Waals surface area contributed by atoms with E-state index in [9.17, 15) is 4.79 Å². The van der Waals surface area contributed by atoms with E-state index in [0.29, 0.717) is 10.7 Å². The Morgan fingerprint density at radius 1 is 1.17 bits per heavy atom. The van der Waals surface area contributed by atoms with Crippen molar-refractivity contribution in [1.29, 1.82) is 0 Å². The predicted molar refractivity (Wildman–Crippen MR) is 99.2 cm³/mol. The van der Waals surface area contributed by atoms with E-state index in [0.717, 1.165) is 21.3 Å². The molecule has 1 aromatic heterocycles. The van der Waals surface area contributed by atoms with Crippen molar-refractivity contribution in [2.24, 2.45) is 0 Å². The normalized spacial score (nSPS) is 10.5. The largest absolute Gasteiger partial charge is 0.308 e. The standard InChI is InChI=1S/C17H15N3OS2/c1-10-7-8-12(11(2)9-10)15(21)19-16(22)20-17-18-13-5-3-4-6-14(13)23-17/h3-9H,1-2H3,(H2,18,19,20,21,22). The van der Waals surface area contributed by atoms with Gasteiger partial charge in [-0.1, -0.05) is 41.2 Å². The Kier molecular flexibility index (Phi) is 4.36. The maximum Gasteiger partial charge on any atom is 0.257 e. The first-order valence-electron chi connectivity index (χ1n) is 7.08. The number of hydrogen-bond acceptors (Lipinski definition) is 4. The summed E-state index contributed by atoms with van der Waals surface area (Å²) < 4.78 is 1.07. The van der Waals surface area contributed by atoms with Crippen LogP contribution in [-0.4, -0.2) is 16.0 Å². The predicted octanol–water partition coefficient (Wildman–Crippen LogP) is 4.04. The third-order valence-electron chi connectivity index (χ3n) is 3.37. The molecule has 2 aromatic carbocycles. The maximum absolute atomic E-state index is 12.3. The SMILES string of the molecule is Cc1ccc(C(=O)NC(=S)Nc2nc3ccccc3s2)c(C)c1. The number of rotatable bonds is 2. The van der Waals surface area contributed by atoms with Crippen LogP contribution in [0.2, 0.25) is 0 Å². The Morgan fingerprint density at radius 3 is 2.70 bits per heavy atom. The van der Waals surface area contributed by atoms with E-state index in [1.165, 1.54) is 11.3 Å². The van der Waals surface area contributed by atoms with Gasteiger partial charge in [0.25, 0.3) is 5.91 Å². The minimum Gasteiger partial charge on any atom is -0.308 e. The first-order valence-corrected chi connectivity index (χ1v) is 8.30. The molecule has 1 amide bonds. The maximum atomic E-state index is 12.3. The van der Waals surface area contributed by atoms with Crippen LogP contribution in [0.5, 0.6) is 0 Å². The van der Waals surface area contributed by atoms with Gasteiger partial charge in [-0.05, 0) is 49.8 Å². The Bertz CT molecular complexity index is 869. The van der Waals surface area contributed by atoms with Gasteiger partial charge < -0.3 is 5.32 Å². The summed E-state index contributed by atoms with van der Waals surface area (Å²) >= 11 is 6.70. The number of anilines is 1. The summed E-state index contributed by atoms with van der Waals surface area (Å²) in [6, 6.07) is 13.5. The zero-order valence-corrected chi connectivity index (χ0v) is 14.3. The summed E-state index contributed by atoms with van der Waals surface area (Å²) in [5.41, 5.74) is 3.56. The van der Waals surface area contributed by atoms with E-state index in [4.69, 9.17) is 12.2 Å². The molecule has 2 N–H and O–H groups in total. The Balaban J connectivity index is 1.70. The number of amides is 1. The molecular formula is C17H15N3OS2. The van der Waals surface area contributed by atoms with Crippen LogP contribution in [0.1, 0.15) is 21.5 Å². The molecule has 0 saturated carbocycles. The fourth-order valence-corrected chi connectivity index (χ4v) is 3.42. The van der Waals surface area contributed by atoms with Crippen molar-refractivity contribution in [2.75, 3.05) is 5.32 Å². The molecule has 0 spiro atoms. The van der Waals surface area contributed by atoms with Gasteiger partial charge in [0, 0.05) is 5.56 Å². The van der Waals surface area contributed by atoms with Crippen LogP contribution in [0.15, 0.2) is 42.5 Å². The van der Waals surface area contributed by atoms with Crippen molar-refractivity contribution in [3.8, 4) is 0 Å². The third-order valence-corrected chi connectivity index (χ3v) is 4.52. The monoisotopic (exact) mass is 341 g/mol. The van der Waals surface area contributed by atoms with E-state index < -0.39 is 0 Å². The summed E-state index contributed by atoms with van der Waals surface area (Å²) in [7, 11) is 0. The fraction of sp³-hybridized carbons (Fsp3) is 0.118. The van der Waals surface area contributed by atoms with Crippen molar-refractivity contribution in [3.05, 3.63) is 59.2 Å². The quantitative estimate of drug-likeness (QED) is 0.691. The third kappa shape index (κ3) is 3.55. The lowest BCUT2D eigenvalue weighted by Gasteiger charge is -2.09. The second-order valence-corrected chi connectivity index (χ2v) is 6.65. The molecule has 0 fully saturated rings. The number of fused-ring (bicyclic) bond motifs is 1. The number of hydrogen-bond donors (Lipinski definition) is 2. The molecule has 0 radical (unpaired) electrons. The molecule has 0 aliphatic rings. The van der Waals surface area contributed by atoms with E-state index in [-0.39, 0.29) is 11.0 Å². The first kappa shape index (κ1) is 15.6. The molecule has 23 heavy (non-hydrogen) atoms. The van der Waals surface area contributed by atoms with Gasteiger partial charge in [0.2, 0.25) is 0 Å². The van der Waals surface area contributed by atoms with Crippen LogP contribution in [0.25, 0.3) is 10.2 Å². The lowest BCUT2D eigenvalue weighted by molar-refractivity contribution is 0.0977. The molecule has 6 heteroatoms. The summed E-state index contributed by atoms with van der Waals surface area (Å²) in [4.78, 5) is 16.7. The molecule has 0 unspecified atom stereocenters. The van der Waals surface area contributed by atoms with Crippen molar-refractivity contribution in [2.45, 2.75) is 13.8 Å². The highest BCUT2D eigenvalue weighted by atomic mass is 32.1. The van der Waals surface area contributed by atoms with Gasteiger partial charge in [0.15, 0.2) is 10.2 Å². The first-order chi connectivity index (χ1) is 11.0. The van der Waals surface area contributed by atoms with E-state index >= 15 is 0 Å². The van der Waals surface area contributed by atoms with Crippen LogP contribution < -0.4 is 10.6 Å². The smallest absolute Gasteiger partial charge is 0.257 e. The highest BCUT2D eigenvalue weighted by Crippen LogP contribution is 2.25. The molecule has 3 aromatic rings. The lowest BCUT2D eigenvalue weighted by atomic mass is 10.1.